The zero-order valence-corrected chi connectivity index (χ0v) is 13.5. The fourth-order valence-corrected chi connectivity index (χ4v) is 2.49. The average molecular weight is 288 g/mol. The standard InChI is InChI=1S/C16H24N4O/c1-6-17-11-15-12(2)18-20(4)16(15)19(3)13-7-9-14(21-5)10-8-13/h7-10,17H,6,11H2,1-5H3. The van der Waals surface area contributed by atoms with Gasteiger partial charge in [0.1, 0.15) is 11.6 Å². The van der Waals surface area contributed by atoms with Crippen molar-refractivity contribution in [1.82, 2.24) is 15.1 Å². The van der Waals surface area contributed by atoms with Crippen molar-refractivity contribution < 1.29 is 4.74 Å². The SMILES string of the molecule is CCNCc1c(C)nn(C)c1N(C)c1ccc(OC)cc1. The number of aromatic nitrogens is 2. The Morgan fingerprint density at radius 3 is 2.52 bits per heavy atom. The first-order valence-electron chi connectivity index (χ1n) is 7.19. The second-order valence-electron chi connectivity index (χ2n) is 5.05. The zero-order valence-electron chi connectivity index (χ0n) is 13.5. The number of nitrogens with zero attached hydrogens (tertiary/aromatic N) is 3. The van der Waals surface area contributed by atoms with Crippen LogP contribution in [0.3, 0.4) is 0 Å². The van der Waals surface area contributed by atoms with Crippen LogP contribution in [0.4, 0.5) is 11.5 Å². The van der Waals surface area contributed by atoms with Crippen molar-refractivity contribution in [3.8, 4) is 5.75 Å². The molecule has 0 atom stereocenters. The predicted molar refractivity (Wildman–Crippen MR) is 86.4 cm³/mol. The van der Waals surface area contributed by atoms with E-state index in [0.717, 1.165) is 36.0 Å². The summed E-state index contributed by atoms with van der Waals surface area (Å²) in [6, 6.07) is 8.05. The maximum atomic E-state index is 5.21. The van der Waals surface area contributed by atoms with Crippen molar-refractivity contribution in [2.45, 2.75) is 20.4 Å². The molecule has 0 aliphatic rings. The first-order valence-corrected chi connectivity index (χ1v) is 7.19. The van der Waals surface area contributed by atoms with E-state index >= 15 is 0 Å². The van der Waals surface area contributed by atoms with Crippen LogP contribution in [0.1, 0.15) is 18.2 Å². The van der Waals surface area contributed by atoms with Crippen molar-refractivity contribution in [2.24, 2.45) is 7.05 Å². The molecule has 0 aliphatic heterocycles. The normalized spacial score (nSPS) is 10.7. The van der Waals surface area contributed by atoms with Crippen LogP contribution in [0.25, 0.3) is 0 Å². The minimum Gasteiger partial charge on any atom is -0.497 e. The van der Waals surface area contributed by atoms with E-state index in [2.05, 4.69) is 48.3 Å². The molecule has 5 nitrogen and oxygen atoms in total. The van der Waals surface area contributed by atoms with Crippen molar-refractivity contribution in [2.75, 3.05) is 25.6 Å². The third kappa shape index (κ3) is 3.19. The third-order valence-corrected chi connectivity index (χ3v) is 3.64. The molecule has 0 saturated heterocycles. The van der Waals surface area contributed by atoms with Gasteiger partial charge in [-0.3, -0.25) is 4.68 Å². The van der Waals surface area contributed by atoms with E-state index in [1.165, 1.54) is 5.56 Å². The number of hydrogen-bond donors (Lipinski definition) is 1. The maximum Gasteiger partial charge on any atom is 0.135 e. The molecule has 0 spiro atoms. The summed E-state index contributed by atoms with van der Waals surface area (Å²) in [7, 11) is 5.73. The molecular formula is C16H24N4O. The van der Waals surface area contributed by atoms with Crippen molar-refractivity contribution in [3.63, 3.8) is 0 Å². The zero-order chi connectivity index (χ0) is 15.4. The summed E-state index contributed by atoms with van der Waals surface area (Å²) < 4.78 is 7.15. The lowest BCUT2D eigenvalue weighted by molar-refractivity contribution is 0.415. The smallest absolute Gasteiger partial charge is 0.135 e. The van der Waals surface area contributed by atoms with Crippen LogP contribution in [0.2, 0.25) is 0 Å². The topological polar surface area (TPSA) is 42.3 Å². The molecule has 5 heteroatoms. The molecule has 1 aromatic carbocycles. The van der Waals surface area contributed by atoms with Crippen molar-refractivity contribution in [1.29, 1.82) is 0 Å². The Kier molecular flexibility index (Phi) is 4.85. The highest BCUT2D eigenvalue weighted by Gasteiger charge is 2.17. The minimum absolute atomic E-state index is 0.825. The molecule has 1 heterocycles. The molecule has 0 unspecified atom stereocenters. The van der Waals surface area contributed by atoms with Gasteiger partial charge in [-0.15, -0.1) is 0 Å². The monoisotopic (exact) mass is 288 g/mol. The fourth-order valence-electron chi connectivity index (χ4n) is 2.49. The summed E-state index contributed by atoms with van der Waals surface area (Å²) in [6.45, 7) is 5.93. The average Bonchev–Trinajstić information content (AvgIpc) is 2.78. The largest absolute Gasteiger partial charge is 0.497 e. The highest BCUT2D eigenvalue weighted by molar-refractivity contribution is 5.64. The summed E-state index contributed by atoms with van der Waals surface area (Å²) in [4.78, 5) is 2.16. The highest BCUT2D eigenvalue weighted by atomic mass is 16.5. The maximum absolute atomic E-state index is 5.21. The number of rotatable bonds is 6. The van der Waals surface area contributed by atoms with E-state index in [9.17, 15) is 0 Å². The molecule has 0 aliphatic carbocycles. The Bertz CT molecular complexity index is 589. The molecular weight excluding hydrogens is 264 g/mol. The number of nitrogens with one attached hydrogen (secondary N) is 1. The van der Waals surface area contributed by atoms with E-state index in [-0.39, 0.29) is 0 Å². The Morgan fingerprint density at radius 1 is 1.29 bits per heavy atom. The van der Waals surface area contributed by atoms with Crippen LogP contribution in [0.15, 0.2) is 24.3 Å². The molecule has 1 aromatic heterocycles. The van der Waals surface area contributed by atoms with Crippen LogP contribution < -0.4 is 15.0 Å². The second-order valence-corrected chi connectivity index (χ2v) is 5.05. The van der Waals surface area contributed by atoms with Crippen LogP contribution in [-0.2, 0) is 13.6 Å². The van der Waals surface area contributed by atoms with E-state index in [4.69, 9.17) is 4.74 Å². The summed E-state index contributed by atoms with van der Waals surface area (Å²) in [5, 5.41) is 7.94. The van der Waals surface area contributed by atoms with Gasteiger partial charge in [0.05, 0.1) is 12.8 Å². The van der Waals surface area contributed by atoms with E-state index < -0.39 is 0 Å². The van der Waals surface area contributed by atoms with E-state index in [1.807, 2.05) is 23.9 Å². The Labute approximate surface area is 126 Å². The summed E-state index contributed by atoms with van der Waals surface area (Å²) in [5.74, 6) is 1.97. The molecule has 0 radical (unpaired) electrons. The Hall–Kier alpha value is -2.01. The molecule has 0 saturated carbocycles. The molecule has 0 bridgehead atoms. The van der Waals surface area contributed by atoms with Gasteiger partial charge in [-0.1, -0.05) is 6.92 Å². The van der Waals surface area contributed by atoms with Gasteiger partial charge in [-0.25, -0.2) is 0 Å². The van der Waals surface area contributed by atoms with Gasteiger partial charge in [0.2, 0.25) is 0 Å². The first-order chi connectivity index (χ1) is 10.1. The lowest BCUT2D eigenvalue weighted by Crippen LogP contribution is -2.18. The molecule has 114 valence electrons. The van der Waals surface area contributed by atoms with Gasteiger partial charge in [0, 0.05) is 31.9 Å². The van der Waals surface area contributed by atoms with Crippen LogP contribution in [0, 0.1) is 6.92 Å². The highest BCUT2D eigenvalue weighted by Crippen LogP contribution is 2.29. The Balaban J connectivity index is 2.34. The number of anilines is 2. The van der Waals surface area contributed by atoms with Gasteiger partial charge >= 0.3 is 0 Å². The summed E-state index contributed by atoms with van der Waals surface area (Å²) in [5.41, 5.74) is 3.41. The van der Waals surface area contributed by atoms with Gasteiger partial charge in [0.25, 0.3) is 0 Å². The number of benzene rings is 1. The number of hydrogen-bond acceptors (Lipinski definition) is 4. The number of ether oxygens (including phenoxy) is 1. The van der Waals surface area contributed by atoms with Crippen molar-refractivity contribution >= 4 is 11.5 Å². The lowest BCUT2D eigenvalue weighted by atomic mass is 10.2. The molecule has 0 amide bonds. The fraction of sp³-hybridized carbons (Fsp3) is 0.438. The van der Waals surface area contributed by atoms with Crippen LogP contribution in [0.5, 0.6) is 5.75 Å². The third-order valence-electron chi connectivity index (χ3n) is 3.64. The van der Waals surface area contributed by atoms with Crippen LogP contribution >= 0.6 is 0 Å². The molecule has 2 aromatic rings. The van der Waals surface area contributed by atoms with Crippen LogP contribution in [-0.4, -0.2) is 30.5 Å². The molecule has 0 fully saturated rings. The van der Waals surface area contributed by atoms with Gasteiger partial charge in [-0.05, 0) is 37.7 Å². The quantitative estimate of drug-likeness (QED) is 0.887. The van der Waals surface area contributed by atoms with Gasteiger partial charge in [0.15, 0.2) is 0 Å². The summed E-state index contributed by atoms with van der Waals surface area (Å²) >= 11 is 0. The lowest BCUT2D eigenvalue weighted by Gasteiger charge is -2.21. The van der Waals surface area contributed by atoms with Gasteiger partial charge < -0.3 is 15.0 Å². The van der Waals surface area contributed by atoms with E-state index in [0.29, 0.717) is 0 Å². The first kappa shape index (κ1) is 15.4. The Morgan fingerprint density at radius 2 is 1.95 bits per heavy atom. The van der Waals surface area contributed by atoms with Crippen molar-refractivity contribution in [3.05, 3.63) is 35.5 Å². The van der Waals surface area contributed by atoms with E-state index in [1.54, 1.807) is 7.11 Å². The number of methoxy groups -OCH3 is 1. The summed E-state index contributed by atoms with van der Waals surface area (Å²) in [6.07, 6.45) is 0. The predicted octanol–water partition coefficient (Wildman–Crippen LogP) is 2.61. The number of aryl methyl sites for hydroxylation is 2. The van der Waals surface area contributed by atoms with Gasteiger partial charge in [-0.2, -0.15) is 5.10 Å². The molecule has 2 rings (SSSR count). The minimum atomic E-state index is 0.825. The molecule has 21 heavy (non-hydrogen) atoms. The molecule has 1 N–H and O–H groups in total. The second kappa shape index (κ2) is 6.63.